The third-order valence-corrected chi connectivity index (χ3v) is 2.33. The number of hydrogen-bond acceptors (Lipinski definition) is 2. The summed E-state index contributed by atoms with van der Waals surface area (Å²) in [7, 11) is 1.81. The highest BCUT2D eigenvalue weighted by molar-refractivity contribution is 4.80. The van der Waals surface area contributed by atoms with Gasteiger partial charge in [0.25, 0.3) is 0 Å². The van der Waals surface area contributed by atoms with Gasteiger partial charge < -0.3 is 10.1 Å². The van der Waals surface area contributed by atoms with Crippen LogP contribution in [0.5, 0.6) is 0 Å². The van der Waals surface area contributed by atoms with Gasteiger partial charge in [0.05, 0.1) is 6.10 Å². The first-order valence-electron chi connectivity index (χ1n) is 3.99. The minimum absolute atomic E-state index is 0.459. The molecule has 2 nitrogen and oxygen atoms in total. The predicted molar refractivity (Wildman–Crippen MR) is 42.0 cm³/mol. The van der Waals surface area contributed by atoms with E-state index in [9.17, 15) is 0 Å². The van der Waals surface area contributed by atoms with Crippen LogP contribution in [-0.2, 0) is 4.74 Å². The third-order valence-electron chi connectivity index (χ3n) is 2.33. The van der Waals surface area contributed by atoms with Crippen molar-refractivity contribution in [3.05, 3.63) is 0 Å². The summed E-state index contributed by atoms with van der Waals surface area (Å²) >= 11 is 0. The minimum atomic E-state index is 0.459. The number of ether oxygens (including phenoxy) is 1. The van der Waals surface area contributed by atoms with Crippen LogP contribution in [0, 0.1) is 11.8 Å². The van der Waals surface area contributed by atoms with E-state index in [2.05, 4.69) is 19.2 Å². The largest absolute Gasteiger partial charge is 0.381 e. The Balaban J connectivity index is 2.45. The second-order valence-corrected chi connectivity index (χ2v) is 3.31. The summed E-state index contributed by atoms with van der Waals surface area (Å²) in [6.45, 7) is 6.67. The van der Waals surface area contributed by atoms with E-state index in [4.69, 9.17) is 4.74 Å². The zero-order valence-electron chi connectivity index (χ0n) is 7.05. The summed E-state index contributed by atoms with van der Waals surface area (Å²) in [5.74, 6) is 1.32. The second kappa shape index (κ2) is 3.35. The Morgan fingerprint density at radius 1 is 1.20 bits per heavy atom. The monoisotopic (exact) mass is 143 g/mol. The summed E-state index contributed by atoms with van der Waals surface area (Å²) in [5.41, 5.74) is 0. The zero-order valence-corrected chi connectivity index (χ0v) is 7.05. The molecule has 1 heterocycles. The average Bonchev–Trinajstić information content (AvgIpc) is 1.88. The molecule has 10 heavy (non-hydrogen) atoms. The molecule has 0 aromatic carbocycles. The van der Waals surface area contributed by atoms with E-state index in [1.165, 1.54) is 0 Å². The van der Waals surface area contributed by atoms with E-state index in [0.717, 1.165) is 13.1 Å². The van der Waals surface area contributed by atoms with Crippen molar-refractivity contribution in [2.45, 2.75) is 20.0 Å². The minimum Gasteiger partial charge on any atom is -0.381 e. The number of piperidine rings is 1. The molecular weight excluding hydrogens is 126 g/mol. The summed E-state index contributed by atoms with van der Waals surface area (Å²) in [4.78, 5) is 0. The molecule has 0 radical (unpaired) electrons. The molecule has 1 unspecified atom stereocenters. The highest BCUT2D eigenvalue weighted by Crippen LogP contribution is 2.18. The molecule has 1 aliphatic rings. The Morgan fingerprint density at radius 2 is 1.70 bits per heavy atom. The average molecular weight is 143 g/mol. The molecular formula is C8H17NO. The summed E-state index contributed by atoms with van der Waals surface area (Å²) < 4.78 is 5.38. The fraction of sp³-hybridized carbons (Fsp3) is 1.00. The molecule has 1 N–H and O–H groups in total. The first-order valence-corrected chi connectivity index (χ1v) is 3.99. The molecule has 1 rings (SSSR count). The molecule has 0 aliphatic carbocycles. The molecule has 0 aromatic rings. The lowest BCUT2D eigenvalue weighted by molar-refractivity contribution is 0.00126. The molecule has 0 bridgehead atoms. The zero-order chi connectivity index (χ0) is 7.56. The topological polar surface area (TPSA) is 21.3 Å². The van der Waals surface area contributed by atoms with Crippen LogP contribution in [-0.4, -0.2) is 26.3 Å². The normalized spacial score (nSPS) is 41.7. The number of methoxy groups -OCH3 is 1. The van der Waals surface area contributed by atoms with E-state index in [1.54, 1.807) is 0 Å². The predicted octanol–water partition coefficient (Wildman–Crippen LogP) is 0.877. The molecule has 1 saturated heterocycles. The van der Waals surface area contributed by atoms with E-state index in [1.807, 2.05) is 7.11 Å². The first-order chi connectivity index (χ1) is 4.75. The van der Waals surface area contributed by atoms with E-state index in [-0.39, 0.29) is 0 Å². The van der Waals surface area contributed by atoms with Crippen LogP contribution >= 0.6 is 0 Å². The maximum absolute atomic E-state index is 5.38. The van der Waals surface area contributed by atoms with Crippen LogP contribution in [0.15, 0.2) is 0 Å². The van der Waals surface area contributed by atoms with Crippen molar-refractivity contribution in [1.29, 1.82) is 0 Å². The molecule has 0 saturated carbocycles. The van der Waals surface area contributed by atoms with Gasteiger partial charge in [0, 0.05) is 20.2 Å². The molecule has 2 heteroatoms. The number of rotatable bonds is 1. The van der Waals surface area contributed by atoms with Crippen molar-refractivity contribution in [3.8, 4) is 0 Å². The highest BCUT2D eigenvalue weighted by Gasteiger charge is 2.26. The van der Waals surface area contributed by atoms with E-state index >= 15 is 0 Å². The lowest BCUT2D eigenvalue weighted by Crippen LogP contribution is -2.45. The Hall–Kier alpha value is -0.0800. The number of hydrogen-bond donors (Lipinski definition) is 1. The van der Waals surface area contributed by atoms with Gasteiger partial charge in [-0.2, -0.15) is 0 Å². The maximum atomic E-state index is 5.38. The quantitative estimate of drug-likeness (QED) is 0.588. The van der Waals surface area contributed by atoms with Gasteiger partial charge >= 0.3 is 0 Å². The van der Waals surface area contributed by atoms with Gasteiger partial charge in [-0.1, -0.05) is 13.8 Å². The van der Waals surface area contributed by atoms with Crippen LogP contribution in [0.2, 0.25) is 0 Å². The Kier molecular flexibility index (Phi) is 2.69. The van der Waals surface area contributed by atoms with Crippen LogP contribution in [0.4, 0.5) is 0 Å². The van der Waals surface area contributed by atoms with Crippen LogP contribution in [0.25, 0.3) is 0 Å². The standard InChI is InChI=1S/C8H17NO/c1-6-4-9-5-7(2)8(6)10-3/h6-9H,4-5H2,1-3H3/t6-,7+,8?. The molecule has 0 spiro atoms. The molecule has 60 valence electrons. The summed E-state index contributed by atoms with van der Waals surface area (Å²) in [5, 5.41) is 3.37. The van der Waals surface area contributed by atoms with Gasteiger partial charge in [-0.05, 0) is 11.8 Å². The first kappa shape index (κ1) is 8.02. The van der Waals surface area contributed by atoms with Crippen LogP contribution in [0.1, 0.15) is 13.8 Å². The fourth-order valence-electron chi connectivity index (χ4n) is 1.80. The van der Waals surface area contributed by atoms with Crippen molar-refractivity contribution in [1.82, 2.24) is 5.32 Å². The molecule has 0 amide bonds. The molecule has 0 aromatic heterocycles. The van der Waals surface area contributed by atoms with Gasteiger partial charge in [0.1, 0.15) is 0 Å². The second-order valence-electron chi connectivity index (χ2n) is 3.31. The maximum Gasteiger partial charge on any atom is 0.0646 e. The van der Waals surface area contributed by atoms with Crippen LogP contribution < -0.4 is 5.32 Å². The van der Waals surface area contributed by atoms with Crippen molar-refractivity contribution < 1.29 is 4.74 Å². The van der Waals surface area contributed by atoms with Gasteiger partial charge in [0.15, 0.2) is 0 Å². The lowest BCUT2D eigenvalue weighted by Gasteiger charge is -2.33. The Bertz CT molecular complexity index is 95.4. The van der Waals surface area contributed by atoms with Crippen LogP contribution in [0.3, 0.4) is 0 Å². The molecule has 1 fully saturated rings. The Morgan fingerprint density at radius 3 is 2.00 bits per heavy atom. The van der Waals surface area contributed by atoms with Crippen molar-refractivity contribution in [2.75, 3.05) is 20.2 Å². The summed E-state index contributed by atoms with van der Waals surface area (Å²) in [6.07, 6.45) is 0.459. The Labute approximate surface area is 63.0 Å². The van der Waals surface area contributed by atoms with Gasteiger partial charge in [-0.3, -0.25) is 0 Å². The van der Waals surface area contributed by atoms with Gasteiger partial charge in [-0.15, -0.1) is 0 Å². The molecule has 3 atom stereocenters. The smallest absolute Gasteiger partial charge is 0.0646 e. The number of nitrogens with one attached hydrogen (secondary N) is 1. The van der Waals surface area contributed by atoms with E-state index in [0.29, 0.717) is 17.9 Å². The lowest BCUT2D eigenvalue weighted by atomic mass is 9.90. The van der Waals surface area contributed by atoms with Gasteiger partial charge in [0.2, 0.25) is 0 Å². The summed E-state index contributed by atoms with van der Waals surface area (Å²) in [6, 6.07) is 0. The third kappa shape index (κ3) is 1.50. The highest BCUT2D eigenvalue weighted by atomic mass is 16.5. The van der Waals surface area contributed by atoms with Gasteiger partial charge in [-0.25, -0.2) is 0 Å². The molecule has 1 aliphatic heterocycles. The van der Waals surface area contributed by atoms with Crippen molar-refractivity contribution in [3.63, 3.8) is 0 Å². The fourth-order valence-corrected chi connectivity index (χ4v) is 1.80. The van der Waals surface area contributed by atoms with Crippen molar-refractivity contribution in [2.24, 2.45) is 11.8 Å². The van der Waals surface area contributed by atoms with E-state index < -0.39 is 0 Å². The SMILES string of the molecule is COC1[C@H](C)CNC[C@@H]1C. The van der Waals surface area contributed by atoms with Crippen molar-refractivity contribution >= 4 is 0 Å².